The Morgan fingerprint density at radius 2 is 1.94 bits per heavy atom. The van der Waals surface area contributed by atoms with E-state index in [0.717, 1.165) is 28.4 Å². The van der Waals surface area contributed by atoms with Gasteiger partial charge in [-0.25, -0.2) is 0 Å². The van der Waals surface area contributed by atoms with Crippen LogP contribution in [0.15, 0.2) is 22.7 Å². The van der Waals surface area contributed by atoms with E-state index in [0.29, 0.717) is 5.92 Å². The first kappa shape index (κ1) is 15.2. The number of halogens is 1. The minimum atomic E-state index is 0.0156. The van der Waals surface area contributed by atoms with Crippen LogP contribution in [0.3, 0.4) is 0 Å². The van der Waals surface area contributed by atoms with Crippen LogP contribution in [0.25, 0.3) is 0 Å². The highest BCUT2D eigenvalue weighted by Crippen LogP contribution is 2.17. The number of carbonyl (C=O) groups is 1. The van der Waals surface area contributed by atoms with Gasteiger partial charge in [0.2, 0.25) is 0 Å². The van der Waals surface area contributed by atoms with Gasteiger partial charge in [-0.2, -0.15) is 0 Å². The summed E-state index contributed by atoms with van der Waals surface area (Å²) in [5, 5.41) is 3.04. The van der Waals surface area contributed by atoms with Gasteiger partial charge in [-0.05, 0) is 56.4 Å². The van der Waals surface area contributed by atoms with Gasteiger partial charge in [0.25, 0.3) is 5.91 Å². The molecule has 0 aliphatic heterocycles. The Kier molecular flexibility index (Phi) is 5.86. The minimum Gasteiger partial charge on any atom is -0.350 e. The number of aryl methyl sites for hydroxylation is 1. The molecule has 0 saturated carbocycles. The molecule has 0 aliphatic carbocycles. The Bertz CT molecular complexity index is 415. The number of amides is 1. The number of nitrogens with one attached hydrogen (secondary N) is 1. The molecule has 0 bridgehead atoms. The van der Waals surface area contributed by atoms with Crippen LogP contribution < -0.4 is 5.32 Å². The molecular weight excluding hydrogens is 290 g/mol. The van der Waals surface area contributed by atoms with E-state index < -0.39 is 0 Å². The molecule has 1 atom stereocenters. The van der Waals surface area contributed by atoms with Crippen molar-refractivity contribution >= 4 is 21.8 Å². The predicted octanol–water partition coefficient (Wildman–Crippen LogP) is 4.31. The molecule has 1 rings (SSSR count). The van der Waals surface area contributed by atoms with E-state index in [-0.39, 0.29) is 11.9 Å². The first-order chi connectivity index (χ1) is 8.40. The third-order valence-electron chi connectivity index (χ3n) is 2.97. The summed E-state index contributed by atoms with van der Waals surface area (Å²) in [6.07, 6.45) is 2.17. The topological polar surface area (TPSA) is 29.1 Å². The Balaban J connectivity index is 2.56. The second kappa shape index (κ2) is 6.93. The van der Waals surface area contributed by atoms with E-state index in [9.17, 15) is 4.79 Å². The van der Waals surface area contributed by atoms with Crippen molar-refractivity contribution in [3.63, 3.8) is 0 Å². The van der Waals surface area contributed by atoms with E-state index in [4.69, 9.17) is 0 Å². The molecule has 0 spiro atoms. The van der Waals surface area contributed by atoms with Gasteiger partial charge in [0, 0.05) is 16.1 Å². The normalized spacial score (nSPS) is 12.6. The molecule has 1 aromatic rings. The van der Waals surface area contributed by atoms with Crippen LogP contribution in [-0.4, -0.2) is 11.9 Å². The zero-order chi connectivity index (χ0) is 13.7. The summed E-state index contributed by atoms with van der Waals surface area (Å²) in [5.41, 5.74) is 1.81. The van der Waals surface area contributed by atoms with Crippen molar-refractivity contribution in [1.82, 2.24) is 5.32 Å². The maximum Gasteiger partial charge on any atom is 0.251 e. The first-order valence-electron chi connectivity index (χ1n) is 6.47. The van der Waals surface area contributed by atoms with Crippen LogP contribution in [0.4, 0.5) is 0 Å². The molecule has 1 N–H and O–H groups in total. The summed E-state index contributed by atoms with van der Waals surface area (Å²) in [6.45, 7) is 8.45. The van der Waals surface area contributed by atoms with Gasteiger partial charge in [0.05, 0.1) is 0 Å². The summed E-state index contributed by atoms with van der Waals surface area (Å²) in [5.74, 6) is 0.695. The predicted molar refractivity (Wildman–Crippen MR) is 79.9 cm³/mol. The molecule has 0 heterocycles. The maximum atomic E-state index is 12.0. The fourth-order valence-electron chi connectivity index (χ4n) is 1.75. The van der Waals surface area contributed by atoms with Crippen LogP contribution in [0.2, 0.25) is 0 Å². The molecule has 18 heavy (non-hydrogen) atoms. The fourth-order valence-corrected chi connectivity index (χ4v) is 2.00. The zero-order valence-electron chi connectivity index (χ0n) is 11.6. The van der Waals surface area contributed by atoms with Crippen molar-refractivity contribution in [2.75, 3.05) is 0 Å². The van der Waals surface area contributed by atoms with Gasteiger partial charge in [-0.15, -0.1) is 0 Å². The van der Waals surface area contributed by atoms with Crippen LogP contribution in [0.5, 0.6) is 0 Å². The summed E-state index contributed by atoms with van der Waals surface area (Å²) < 4.78 is 1.03. The lowest BCUT2D eigenvalue weighted by molar-refractivity contribution is 0.0937. The maximum absolute atomic E-state index is 12.0. The van der Waals surface area contributed by atoms with Crippen LogP contribution in [0.1, 0.15) is 49.5 Å². The molecule has 0 aromatic heterocycles. The highest BCUT2D eigenvalue weighted by molar-refractivity contribution is 9.10. The minimum absolute atomic E-state index is 0.0156. The Labute approximate surface area is 118 Å². The second-order valence-corrected chi connectivity index (χ2v) is 6.16. The van der Waals surface area contributed by atoms with Crippen molar-refractivity contribution in [3.8, 4) is 0 Å². The third kappa shape index (κ3) is 4.81. The first-order valence-corrected chi connectivity index (χ1v) is 7.26. The van der Waals surface area contributed by atoms with Gasteiger partial charge in [0.15, 0.2) is 0 Å². The Morgan fingerprint density at radius 1 is 1.28 bits per heavy atom. The van der Waals surface area contributed by atoms with Crippen molar-refractivity contribution in [2.24, 2.45) is 5.92 Å². The van der Waals surface area contributed by atoms with Crippen molar-refractivity contribution in [3.05, 3.63) is 33.8 Å². The zero-order valence-corrected chi connectivity index (χ0v) is 13.2. The highest BCUT2D eigenvalue weighted by atomic mass is 79.9. The molecular formula is C15H22BrNO. The lowest BCUT2D eigenvalue weighted by Crippen LogP contribution is -2.32. The lowest BCUT2D eigenvalue weighted by atomic mass is 10.0. The summed E-state index contributed by atoms with van der Waals surface area (Å²) in [7, 11) is 0. The van der Waals surface area contributed by atoms with E-state index >= 15 is 0 Å². The quantitative estimate of drug-likeness (QED) is 0.862. The van der Waals surface area contributed by atoms with E-state index in [2.05, 4.69) is 42.0 Å². The number of benzene rings is 1. The molecule has 0 aliphatic rings. The van der Waals surface area contributed by atoms with Crippen molar-refractivity contribution in [2.45, 2.75) is 46.6 Å². The number of carbonyl (C=O) groups excluding carboxylic acids is 1. The van der Waals surface area contributed by atoms with Crippen LogP contribution >= 0.6 is 15.9 Å². The standard InChI is InChI=1S/C15H22BrNO/c1-10(2)5-6-12(4)17-15(18)13-7-8-14(16)11(3)9-13/h7-10,12H,5-6H2,1-4H3,(H,17,18). The summed E-state index contributed by atoms with van der Waals surface area (Å²) >= 11 is 3.44. The van der Waals surface area contributed by atoms with Gasteiger partial charge in [0.1, 0.15) is 0 Å². The number of rotatable bonds is 5. The average Bonchev–Trinajstić information content (AvgIpc) is 2.30. The molecule has 1 amide bonds. The lowest BCUT2D eigenvalue weighted by Gasteiger charge is -2.15. The van der Waals surface area contributed by atoms with E-state index in [1.165, 1.54) is 0 Å². The SMILES string of the molecule is Cc1cc(C(=O)NC(C)CCC(C)C)ccc1Br. The molecule has 2 nitrogen and oxygen atoms in total. The smallest absolute Gasteiger partial charge is 0.251 e. The molecule has 0 saturated heterocycles. The summed E-state index contributed by atoms with van der Waals surface area (Å²) in [4.78, 5) is 12.0. The fraction of sp³-hybridized carbons (Fsp3) is 0.533. The average molecular weight is 312 g/mol. The molecule has 100 valence electrons. The Morgan fingerprint density at radius 3 is 2.50 bits per heavy atom. The van der Waals surface area contributed by atoms with Gasteiger partial charge >= 0.3 is 0 Å². The third-order valence-corrected chi connectivity index (χ3v) is 3.86. The van der Waals surface area contributed by atoms with Gasteiger partial charge in [-0.3, -0.25) is 4.79 Å². The Hall–Kier alpha value is -0.830. The largest absolute Gasteiger partial charge is 0.350 e. The van der Waals surface area contributed by atoms with E-state index in [1.54, 1.807) is 0 Å². The van der Waals surface area contributed by atoms with Crippen molar-refractivity contribution < 1.29 is 4.79 Å². The molecule has 3 heteroatoms. The second-order valence-electron chi connectivity index (χ2n) is 5.31. The van der Waals surface area contributed by atoms with E-state index in [1.807, 2.05) is 25.1 Å². The van der Waals surface area contributed by atoms with Crippen molar-refractivity contribution in [1.29, 1.82) is 0 Å². The van der Waals surface area contributed by atoms with Crippen LogP contribution in [0, 0.1) is 12.8 Å². The molecule has 0 fully saturated rings. The van der Waals surface area contributed by atoms with Gasteiger partial charge in [-0.1, -0.05) is 29.8 Å². The molecule has 1 aromatic carbocycles. The monoisotopic (exact) mass is 311 g/mol. The van der Waals surface area contributed by atoms with Crippen LogP contribution in [-0.2, 0) is 0 Å². The molecule has 1 unspecified atom stereocenters. The highest BCUT2D eigenvalue weighted by Gasteiger charge is 2.11. The number of hydrogen-bond acceptors (Lipinski definition) is 1. The van der Waals surface area contributed by atoms with Gasteiger partial charge < -0.3 is 5.32 Å². The number of hydrogen-bond donors (Lipinski definition) is 1. The molecule has 0 radical (unpaired) electrons. The summed E-state index contributed by atoms with van der Waals surface area (Å²) in [6, 6.07) is 5.91.